The molecule has 0 radical (unpaired) electrons. The van der Waals surface area contributed by atoms with E-state index in [2.05, 4.69) is 37.3 Å². The smallest absolute Gasteiger partial charge is 0.104 e. The second-order valence-electron chi connectivity index (χ2n) is 4.32. The fraction of sp³-hybridized carbons (Fsp3) is 0.538. The van der Waals surface area contributed by atoms with Crippen LogP contribution >= 0.6 is 0 Å². The highest BCUT2D eigenvalue weighted by Gasteiger charge is 2.32. The van der Waals surface area contributed by atoms with Gasteiger partial charge in [-0.2, -0.15) is 0 Å². The summed E-state index contributed by atoms with van der Waals surface area (Å²) in [5, 5.41) is 0. The fourth-order valence-corrected chi connectivity index (χ4v) is 1.85. The van der Waals surface area contributed by atoms with Gasteiger partial charge in [0.05, 0.1) is 19.3 Å². The molecule has 2 nitrogen and oxygen atoms in total. The molecular formula is C13H18O2. The number of hydrogen-bond donors (Lipinski definition) is 0. The number of epoxide rings is 1. The van der Waals surface area contributed by atoms with Gasteiger partial charge in [-0.15, -0.1) is 0 Å². The van der Waals surface area contributed by atoms with Crippen molar-refractivity contribution in [1.82, 2.24) is 0 Å². The summed E-state index contributed by atoms with van der Waals surface area (Å²) in [7, 11) is 0. The van der Waals surface area contributed by atoms with Crippen LogP contribution < -0.4 is 0 Å². The van der Waals surface area contributed by atoms with Crippen molar-refractivity contribution in [3.63, 3.8) is 0 Å². The Bertz CT molecular complexity index is 300. The van der Waals surface area contributed by atoms with Gasteiger partial charge in [-0.25, -0.2) is 0 Å². The molecule has 1 aliphatic heterocycles. The maximum absolute atomic E-state index is 5.86. The molecule has 82 valence electrons. The van der Waals surface area contributed by atoms with E-state index in [4.69, 9.17) is 9.47 Å². The molecule has 1 heterocycles. The molecule has 1 fully saturated rings. The largest absolute Gasteiger partial charge is 0.371 e. The van der Waals surface area contributed by atoms with Crippen LogP contribution in [-0.4, -0.2) is 25.4 Å². The molecule has 2 aliphatic rings. The molecule has 0 aromatic rings. The number of hydrogen-bond acceptors (Lipinski definition) is 2. The van der Waals surface area contributed by atoms with Gasteiger partial charge in [-0.05, 0) is 13.8 Å². The van der Waals surface area contributed by atoms with Crippen LogP contribution in [0.5, 0.6) is 0 Å². The molecule has 2 heteroatoms. The Labute approximate surface area is 91.3 Å². The Morgan fingerprint density at radius 2 is 2.33 bits per heavy atom. The monoisotopic (exact) mass is 206 g/mol. The first-order valence-corrected chi connectivity index (χ1v) is 5.48. The molecule has 0 aromatic heterocycles. The highest BCUT2D eigenvalue weighted by Crippen LogP contribution is 2.32. The molecular weight excluding hydrogens is 188 g/mol. The van der Waals surface area contributed by atoms with Crippen LogP contribution in [0.2, 0.25) is 0 Å². The predicted molar refractivity (Wildman–Crippen MR) is 60.7 cm³/mol. The molecule has 0 bridgehead atoms. The lowest BCUT2D eigenvalue weighted by Crippen LogP contribution is -2.32. The fourth-order valence-electron chi connectivity index (χ4n) is 1.85. The van der Waals surface area contributed by atoms with Gasteiger partial charge in [0.15, 0.2) is 0 Å². The number of ether oxygens (including phenoxy) is 2. The van der Waals surface area contributed by atoms with Crippen molar-refractivity contribution in [2.24, 2.45) is 5.41 Å². The minimum Gasteiger partial charge on any atom is -0.371 e. The van der Waals surface area contributed by atoms with Crippen LogP contribution in [0.1, 0.15) is 13.8 Å². The van der Waals surface area contributed by atoms with E-state index >= 15 is 0 Å². The molecule has 0 N–H and O–H groups in total. The van der Waals surface area contributed by atoms with Crippen LogP contribution in [-0.2, 0) is 9.47 Å². The first kappa shape index (κ1) is 10.7. The molecule has 0 aromatic carbocycles. The average Bonchev–Trinajstić information content (AvgIpc) is 3.00. The summed E-state index contributed by atoms with van der Waals surface area (Å²) >= 11 is 0. The van der Waals surface area contributed by atoms with E-state index in [0.29, 0.717) is 12.7 Å². The van der Waals surface area contributed by atoms with E-state index in [1.165, 1.54) is 0 Å². The SMILES string of the molecule is CC=CC1(C)C=CC=CC1OCC1CO1. The average molecular weight is 206 g/mol. The van der Waals surface area contributed by atoms with Gasteiger partial charge < -0.3 is 9.47 Å². The zero-order chi connectivity index (χ0) is 10.7. The van der Waals surface area contributed by atoms with Crippen LogP contribution in [0.25, 0.3) is 0 Å². The molecule has 1 aliphatic carbocycles. The summed E-state index contributed by atoms with van der Waals surface area (Å²) in [4.78, 5) is 0. The first-order chi connectivity index (χ1) is 7.24. The zero-order valence-electron chi connectivity index (χ0n) is 9.35. The van der Waals surface area contributed by atoms with E-state index in [1.807, 2.05) is 13.0 Å². The van der Waals surface area contributed by atoms with Gasteiger partial charge in [-0.3, -0.25) is 0 Å². The minimum absolute atomic E-state index is 0.0155. The van der Waals surface area contributed by atoms with Crippen molar-refractivity contribution in [1.29, 1.82) is 0 Å². The summed E-state index contributed by atoms with van der Waals surface area (Å²) in [6.45, 7) is 5.78. The standard InChI is InChI=1S/C13H18O2/c1-3-7-13(2)8-5-4-6-12(13)15-10-11-9-14-11/h3-8,11-12H,9-10H2,1-2H3. The Morgan fingerprint density at radius 3 is 3.00 bits per heavy atom. The third kappa shape index (κ3) is 2.58. The third-order valence-electron chi connectivity index (χ3n) is 2.86. The number of rotatable bonds is 4. The van der Waals surface area contributed by atoms with Gasteiger partial charge in [0, 0.05) is 5.41 Å². The molecule has 0 spiro atoms. The lowest BCUT2D eigenvalue weighted by Gasteiger charge is -2.32. The quantitative estimate of drug-likeness (QED) is 0.520. The van der Waals surface area contributed by atoms with Crippen LogP contribution in [0.15, 0.2) is 36.5 Å². The third-order valence-corrected chi connectivity index (χ3v) is 2.86. The Balaban J connectivity index is 1.99. The maximum Gasteiger partial charge on any atom is 0.104 e. The Morgan fingerprint density at radius 1 is 1.53 bits per heavy atom. The minimum atomic E-state index is -0.0155. The van der Waals surface area contributed by atoms with E-state index in [1.54, 1.807) is 0 Å². The molecule has 0 amide bonds. The van der Waals surface area contributed by atoms with Gasteiger partial charge in [0.25, 0.3) is 0 Å². The van der Waals surface area contributed by atoms with E-state index in [-0.39, 0.29) is 11.5 Å². The van der Waals surface area contributed by atoms with Crippen LogP contribution in [0.4, 0.5) is 0 Å². The van der Waals surface area contributed by atoms with Crippen molar-refractivity contribution >= 4 is 0 Å². The normalized spacial score (nSPS) is 38.8. The molecule has 3 unspecified atom stereocenters. The predicted octanol–water partition coefficient (Wildman–Crippen LogP) is 2.48. The molecule has 1 saturated heterocycles. The summed E-state index contributed by atoms with van der Waals surface area (Å²) in [6, 6.07) is 0. The van der Waals surface area contributed by atoms with E-state index in [0.717, 1.165) is 6.61 Å². The lowest BCUT2D eigenvalue weighted by molar-refractivity contribution is 0.0281. The van der Waals surface area contributed by atoms with Crippen LogP contribution in [0.3, 0.4) is 0 Å². The summed E-state index contributed by atoms with van der Waals surface area (Å²) < 4.78 is 11.0. The van der Waals surface area contributed by atoms with Crippen molar-refractivity contribution in [2.75, 3.05) is 13.2 Å². The molecule has 15 heavy (non-hydrogen) atoms. The van der Waals surface area contributed by atoms with Gasteiger partial charge in [0.2, 0.25) is 0 Å². The lowest BCUT2D eigenvalue weighted by atomic mass is 9.81. The topological polar surface area (TPSA) is 21.8 Å². The van der Waals surface area contributed by atoms with Gasteiger partial charge in [0.1, 0.15) is 6.10 Å². The van der Waals surface area contributed by atoms with Gasteiger partial charge in [-0.1, -0.05) is 36.5 Å². The Kier molecular flexibility index (Phi) is 3.08. The van der Waals surface area contributed by atoms with Crippen molar-refractivity contribution in [2.45, 2.75) is 26.1 Å². The molecule has 2 rings (SSSR count). The van der Waals surface area contributed by atoms with Gasteiger partial charge >= 0.3 is 0 Å². The van der Waals surface area contributed by atoms with E-state index < -0.39 is 0 Å². The van der Waals surface area contributed by atoms with Crippen molar-refractivity contribution in [3.8, 4) is 0 Å². The highest BCUT2D eigenvalue weighted by molar-refractivity contribution is 5.25. The van der Waals surface area contributed by atoms with Crippen LogP contribution in [0, 0.1) is 5.41 Å². The summed E-state index contributed by atoms with van der Waals surface area (Å²) in [6.07, 6.45) is 13.1. The second kappa shape index (κ2) is 4.33. The molecule has 3 atom stereocenters. The van der Waals surface area contributed by atoms with E-state index in [9.17, 15) is 0 Å². The van der Waals surface area contributed by atoms with Crippen molar-refractivity contribution in [3.05, 3.63) is 36.5 Å². The number of allylic oxidation sites excluding steroid dienone is 3. The molecule has 0 saturated carbocycles. The summed E-state index contributed by atoms with van der Waals surface area (Å²) in [5.74, 6) is 0. The highest BCUT2D eigenvalue weighted by atomic mass is 16.6. The Hall–Kier alpha value is -0.860. The first-order valence-electron chi connectivity index (χ1n) is 5.48. The van der Waals surface area contributed by atoms with Crippen molar-refractivity contribution < 1.29 is 9.47 Å². The maximum atomic E-state index is 5.86. The second-order valence-corrected chi connectivity index (χ2v) is 4.32. The summed E-state index contributed by atoms with van der Waals surface area (Å²) in [5.41, 5.74) is -0.0155. The zero-order valence-corrected chi connectivity index (χ0v) is 9.35.